The number of thioether (sulfide) groups is 1. The molecule has 2 aromatic heterocycles. The van der Waals surface area contributed by atoms with Gasteiger partial charge in [0.15, 0.2) is 5.17 Å². The zero-order valence-electron chi connectivity index (χ0n) is 22.0. The number of benzene rings is 3. The van der Waals surface area contributed by atoms with Gasteiger partial charge in [0, 0.05) is 53.4 Å². The second kappa shape index (κ2) is 11.8. The quantitative estimate of drug-likeness (QED) is 0.0992. The predicted molar refractivity (Wildman–Crippen MR) is 165 cm³/mol. The zero-order chi connectivity index (χ0) is 29.9. The van der Waals surface area contributed by atoms with Crippen molar-refractivity contribution < 1.29 is 19.1 Å². The van der Waals surface area contributed by atoms with Crippen LogP contribution in [-0.2, 0) is 11.2 Å². The molecule has 1 fully saturated rings. The van der Waals surface area contributed by atoms with E-state index in [4.69, 9.17) is 9.41 Å². The average molecular weight is 610 g/mol. The summed E-state index contributed by atoms with van der Waals surface area (Å²) in [6.07, 6.45) is 3.77. The topological polar surface area (TPSA) is 145 Å². The van der Waals surface area contributed by atoms with Gasteiger partial charge >= 0.3 is 0 Å². The number of furan rings is 1. The van der Waals surface area contributed by atoms with Gasteiger partial charge in [-0.25, -0.2) is 4.98 Å². The van der Waals surface area contributed by atoms with Crippen LogP contribution in [0.5, 0.6) is 0 Å². The highest BCUT2D eigenvalue weighted by atomic mass is 32.2. The van der Waals surface area contributed by atoms with Gasteiger partial charge in [-0.1, -0.05) is 41.7 Å². The maximum Gasteiger partial charge on any atom is 0.271 e. The molecule has 13 heteroatoms. The Bertz CT molecular complexity index is 1910. The number of carbonyl (C=O) groups excluding carboxylic acids is 1. The van der Waals surface area contributed by atoms with E-state index < -0.39 is 9.85 Å². The molecule has 5 aromatic rings. The molecule has 43 heavy (non-hydrogen) atoms. The number of nitrogens with zero attached hydrogens (tertiary/aromatic N) is 5. The minimum Gasteiger partial charge on any atom is -0.457 e. The van der Waals surface area contributed by atoms with Crippen LogP contribution in [0, 0.1) is 20.2 Å². The summed E-state index contributed by atoms with van der Waals surface area (Å²) in [7, 11) is 0. The molecule has 1 amide bonds. The number of nitro groups is 2. The largest absolute Gasteiger partial charge is 0.457 e. The van der Waals surface area contributed by atoms with Crippen molar-refractivity contribution in [2.45, 2.75) is 6.42 Å². The lowest BCUT2D eigenvalue weighted by atomic mass is 10.1. The standard InChI is InChI=1S/C30H19N5O6S2/c36-28-27(17-24-13-14-26(41-24)20-9-11-22(12-10-20)34(37)38)43-30(33(28)21-6-2-1-3-7-21)32-29-31-18-25(42-29)16-19-5-4-8-23(15-19)35(39)40/h1-15,17-18H,16H2/b27-17-,32-30?. The molecule has 0 unspecified atom stereocenters. The van der Waals surface area contributed by atoms with Crippen molar-refractivity contribution in [1.82, 2.24) is 4.98 Å². The molecule has 1 saturated heterocycles. The van der Waals surface area contributed by atoms with E-state index in [2.05, 4.69) is 4.98 Å². The smallest absolute Gasteiger partial charge is 0.271 e. The summed E-state index contributed by atoms with van der Waals surface area (Å²) in [5.41, 5.74) is 2.09. The Morgan fingerprint density at radius 1 is 0.907 bits per heavy atom. The van der Waals surface area contributed by atoms with Crippen molar-refractivity contribution in [3.63, 3.8) is 0 Å². The molecule has 0 saturated carbocycles. The zero-order valence-corrected chi connectivity index (χ0v) is 23.7. The molecule has 3 heterocycles. The number of hydrogen-bond donors (Lipinski definition) is 0. The molecule has 11 nitrogen and oxygen atoms in total. The van der Waals surface area contributed by atoms with Gasteiger partial charge in [-0.3, -0.25) is 29.9 Å². The molecular formula is C30H19N5O6S2. The van der Waals surface area contributed by atoms with Crippen LogP contribution in [0.25, 0.3) is 17.4 Å². The van der Waals surface area contributed by atoms with E-state index in [-0.39, 0.29) is 17.3 Å². The Morgan fingerprint density at radius 3 is 2.42 bits per heavy atom. The van der Waals surface area contributed by atoms with Gasteiger partial charge in [0.1, 0.15) is 11.5 Å². The number of nitro benzene ring substituents is 2. The first kappa shape index (κ1) is 27.8. The van der Waals surface area contributed by atoms with E-state index in [1.807, 2.05) is 36.4 Å². The van der Waals surface area contributed by atoms with E-state index in [1.54, 1.807) is 42.6 Å². The second-order valence-corrected chi connectivity index (χ2v) is 11.3. The van der Waals surface area contributed by atoms with Crippen LogP contribution < -0.4 is 4.90 Å². The molecular weight excluding hydrogens is 590 g/mol. The van der Waals surface area contributed by atoms with E-state index in [1.165, 1.54) is 52.3 Å². The van der Waals surface area contributed by atoms with Crippen molar-refractivity contribution in [2.75, 3.05) is 4.90 Å². The fraction of sp³-hybridized carbons (Fsp3) is 0.0333. The summed E-state index contributed by atoms with van der Waals surface area (Å²) in [4.78, 5) is 46.7. The molecule has 0 aliphatic carbocycles. The summed E-state index contributed by atoms with van der Waals surface area (Å²) < 4.78 is 5.94. The van der Waals surface area contributed by atoms with E-state index in [9.17, 15) is 25.0 Å². The number of rotatable bonds is 8. The highest BCUT2D eigenvalue weighted by Crippen LogP contribution is 2.38. The third kappa shape index (κ3) is 6.12. The first-order valence-corrected chi connectivity index (χ1v) is 14.4. The summed E-state index contributed by atoms with van der Waals surface area (Å²) in [5.74, 6) is 0.661. The van der Waals surface area contributed by atoms with Gasteiger partial charge in [-0.05, 0) is 53.7 Å². The van der Waals surface area contributed by atoms with Gasteiger partial charge in [0.25, 0.3) is 17.3 Å². The summed E-state index contributed by atoms with van der Waals surface area (Å²) in [5, 5.41) is 22.9. The average Bonchev–Trinajstić information content (AvgIpc) is 3.73. The lowest BCUT2D eigenvalue weighted by molar-refractivity contribution is -0.385. The number of aliphatic imine (C=N–C) groups is 1. The Balaban J connectivity index is 1.27. The highest BCUT2D eigenvalue weighted by Gasteiger charge is 2.35. The number of amidine groups is 1. The van der Waals surface area contributed by atoms with Crippen molar-refractivity contribution in [3.05, 3.63) is 139 Å². The van der Waals surface area contributed by atoms with Crippen LogP contribution >= 0.6 is 23.1 Å². The summed E-state index contributed by atoms with van der Waals surface area (Å²) >= 11 is 2.52. The Labute approximate surface area is 252 Å². The number of amides is 1. The maximum absolute atomic E-state index is 13.6. The molecule has 0 N–H and O–H groups in total. The maximum atomic E-state index is 13.6. The minimum atomic E-state index is -0.466. The second-order valence-electron chi connectivity index (χ2n) is 9.20. The predicted octanol–water partition coefficient (Wildman–Crippen LogP) is 7.62. The minimum absolute atomic E-state index is 0.0187. The number of hydrogen-bond acceptors (Lipinski definition) is 10. The Morgan fingerprint density at radius 2 is 1.67 bits per heavy atom. The van der Waals surface area contributed by atoms with Crippen molar-refractivity contribution in [2.24, 2.45) is 4.99 Å². The van der Waals surface area contributed by atoms with Crippen LogP contribution in [0.2, 0.25) is 0 Å². The molecule has 3 aromatic carbocycles. The van der Waals surface area contributed by atoms with Crippen LogP contribution in [0.15, 0.2) is 112 Å². The van der Waals surface area contributed by atoms with Crippen LogP contribution in [0.4, 0.5) is 22.2 Å². The molecule has 0 bridgehead atoms. The third-order valence-corrected chi connectivity index (χ3v) is 8.18. The third-order valence-electron chi connectivity index (χ3n) is 6.32. The Kier molecular flexibility index (Phi) is 7.64. The Hall–Kier alpha value is -5.40. The van der Waals surface area contributed by atoms with Gasteiger partial charge in [0.05, 0.1) is 20.4 Å². The van der Waals surface area contributed by atoms with Gasteiger partial charge in [-0.15, -0.1) is 0 Å². The monoisotopic (exact) mass is 609 g/mol. The van der Waals surface area contributed by atoms with Crippen LogP contribution in [0.3, 0.4) is 0 Å². The molecule has 6 rings (SSSR count). The number of thiazole rings is 1. The normalized spacial score (nSPS) is 15.0. The van der Waals surface area contributed by atoms with E-state index in [0.29, 0.717) is 44.4 Å². The molecule has 1 aliphatic rings. The van der Waals surface area contributed by atoms with Gasteiger partial charge < -0.3 is 4.42 Å². The van der Waals surface area contributed by atoms with Gasteiger partial charge in [-0.2, -0.15) is 4.99 Å². The number of anilines is 1. The number of aromatic nitrogens is 1. The van der Waals surface area contributed by atoms with E-state index >= 15 is 0 Å². The molecule has 0 spiro atoms. The first-order chi connectivity index (χ1) is 20.8. The molecule has 1 aliphatic heterocycles. The van der Waals surface area contributed by atoms with Crippen molar-refractivity contribution in [3.8, 4) is 11.3 Å². The summed E-state index contributed by atoms with van der Waals surface area (Å²) in [6.45, 7) is 0. The van der Waals surface area contributed by atoms with Crippen molar-refractivity contribution in [1.29, 1.82) is 0 Å². The number of para-hydroxylation sites is 1. The molecule has 212 valence electrons. The van der Waals surface area contributed by atoms with Crippen LogP contribution in [0.1, 0.15) is 16.2 Å². The van der Waals surface area contributed by atoms with Crippen LogP contribution in [-0.4, -0.2) is 25.9 Å². The first-order valence-electron chi connectivity index (χ1n) is 12.7. The highest BCUT2D eigenvalue weighted by molar-refractivity contribution is 8.19. The molecule has 0 radical (unpaired) electrons. The van der Waals surface area contributed by atoms with E-state index in [0.717, 1.165) is 10.4 Å². The SMILES string of the molecule is O=C1/C(=C/c2ccc(-c3ccc([N+](=O)[O-])cc3)o2)SC(=Nc2ncc(Cc3cccc([N+](=O)[O-])c3)s2)N1c1ccccc1. The van der Waals surface area contributed by atoms with Crippen molar-refractivity contribution >= 4 is 62.4 Å². The number of carbonyl (C=O) groups is 1. The lowest BCUT2D eigenvalue weighted by Gasteiger charge is -2.14. The summed E-state index contributed by atoms with van der Waals surface area (Å²) in [6, 6.07) is 25.1. The lowest BCUT2D eigenvalue weighted by Crippen LogP contribution is -2.28. The fourth-order valence-electron chi connectivity index (χ4n) is 4.31. The molecule has 0 atom stereocenters. The fourth-order valence-corrected chi connectivity index (χ4v) is 6.15. The number of non-ortho nitro benzene ring substituents is 2. The van der Waals surface area contributed by atoms with Gasteiger partial charge in [0.2, 0.25) is 5.13 Å².